The van der Waals surface area contributed by atoms with Gasteiger partial charge in [-0.2, -0.15) is 15.0 Å². The summed E-state index contributed by atoms with van der Waals surface area (Å²) in [6.45, 7) is 5.43. The minimum atomic E-state index is 0.325. The number of rotatable bonds is 6. The lowest BCUT2D eigenvalue weighted by Crippen LogP contribution is -2.22. The molecule has 0 aromatic carbocycles. The first kappa shape index (κ1) is 12.9. The van der Waals surface area contributed by atoms with Crippen LogP contribution in [-0.2, 0) is 0 Å². The maximum Gasteiger partial charge on any atom is 0.322 e. The minimum absolute atomic E-state index is 0.325. The maximum atomic E-state index is 5.05. The average Bonchev–Trinajstić information content (AvgIpc) is 3.17. The zero-order valence-electron chi connectivity index (χ0n) is 11.4. The molecule has 1 aliphatic carbocycles. The molecule has 6 heteroatoms. The fourth-order valence-electron chi connectivity index (χ4n) is 2.01. The van der Waals surface area contributed by atoms with E-state index in [1.54, 1.807) is 14.2 Å². The van der Waals surface area contributed by atoms with E-state index in [4.69, 9.17) is 4.74 Å². The van der Waals surface area contributed by atoms with Crippen LogP contribution in [0.15, 0.2) is 0 Å². The minimum Gasteiger partial charge on any atom is -0.467 e. The lowest BCUT2D eigenvalue weighted by Gasteiger charge is -2.20. The van der Waals surface area contributed by atoms with Crippen LogP contribution in [0.1, 0.15) is 26.7 Å². The molecule has 0 aliphatic heterocycles. The summed E-state index contributed by atoms with van der Waals surface area (Å²) in [7, 11) is 3.32. The quantitative estimate of drug-likeness (QED) is 0.803. The van der Waals surface area contributed by atoms with Gasteiger partial charge in [0.05, 0.1) is 7.11 Å². The highest BCUT2D eigenvalue weighted by Gasteiger charge is 2.45. The Hall–Kier alpha value is -1.59. The predicted octanol–water partition coefficient (Wildman–Crippen LogP) is 1.77. The fourth-order valence-corrected chi connectivity index (χ4v) is 2.01. The van der Waals surface area contributed by atoms with Crippen molar-refractivity contribution in [3.63, 3.8) is 0 Å². The number of nitrogens with zero attached hydrogens (tertiary/aromatic N) is 3. The third-order valence-corrected chi connectivity index (χ3v) is 3.74. The smallest absolute Gasteiger partial charge is 0.322 e. The number of nitrogens with one attached hydrogen (secondary N) is 2. The Morgan fingerprint density at radius 1 is 1.22 bits per heavy atom. The Bertz CT molecular complexity index is 395. The summed E-state index contributed by atoms with van der Waals surface area (Å²) in [6.07, 6.45) is 2.55. The van der Waals surface area contributed by atoms with Gasteiger partial charge in [-0.05, 0) is 24.2 Å². The topological polar surface area (TPSA) is 72.0 Å². The normalized spacial score (nSPS) is 16.5. The first-order valence-corrected chi connectivity index (χ1v) is 6.31. The Kier molecular flexibility index (Phi) is 3.54. The van der Waals surface area contributed by atoms with Crippen LogP contribution in [-0.4, -0.2) is 35.7 Å². The lowest BCUT2D eigenvalue weighted by molar-refractivity contribution is 0.373. The van der Waals surface area contributed by atoms with E-state index in [1.165, 1.54) is 12.8 Å². The highest BCUT2D eigenvalue weighted by atomic mass is 16.5. The first-order valence-electron chi connectivity index (χ1n) is 6.31. The molecular formula is C12H21N5O. The highest BCUT2D eigenvalue weighted by Crippen LogP contribution is 2.51. The van der Waals surface area contributed by atoms with Crippen molar-refractivity contribution >= 4 is 11.9 Å². The van der Waals surface area contributed by atoms with Gasteiger partial charge in [0.1, 0.15) is 0 Å². The zero-order chi connectivity index (χ0) is 13.2. The molecule has 0 unspecified atom stereocenters. The van der Waals surface area contributed by atoms with Gasteiger partial charge in [0.25, 0.3) is 0 Å². The molecule has 0 saturated heterocycles. The summed E-state index contributed by atoms with van der Waals surface area (Å²) in [4.78, 5) is 12.5. The second kappa shape index (κ2) is 4.96. The van der Waals surface area contributed by atoms with Crippen molar-refractivity contribution < 1.29 is 4.74 Å². The highest BCUT2D eigenvalue weighted by molar-refractivity contribution is 5.35. The van der Waals surface area contributed by atoms with Gasteiger partial charge in [0.2, 0.25) is 11.9 Å². The predicted molar refractivity (Wildman–Crippen MR) is 70.9 cm³/mol. The van der Waals surface area contributed by atoms with Crippen LogP contribution in [0.2, 0.25) is 0 Å². The second-order valence-corrected chi connectivity index (χ2v) is 5.09. The number of ether oxygens (including phenoxy) is 1. The van der Waals surface area contributed by atoms with Crippen LogP contribution in [0.25, 0.3) is 0 Å². The molecule has 18 heavy (non-hydrogen) atoms. The number of methoxy groups -OCH3 is 1. The summed E-state index contributed by atoms with van der Waals surface area (Å²) in [6, 6.07) is 0.325. The molecule has 0 radical (unpaired) electrons. The molecule has 2 rings (SSSR count). The van der Waals surface area contributed by atoms with Crippen molar-refractivity contribution in [3.05, 3.63) is 0 Å². The fraction of sp³-hybridized carbons (Fsp3) is 0.750. The van der Waals surface area contributed by atoms with Crippen LogP contribution >= 0.6 is 0 Å². The van der Waals surface area contributed by atoms with Gasteiger partial charge in [-0.15, -0.1) is 0 Å². The molecule has 1 fully saturated rings. The van der Waals surface area contributed by atoms with Gasteiger partial charge in [-0.25, -0.2) is 0 Å². The molecular weight excluding hydrogens is 230 g/mol. The maximum absolute atomic E-state index is 5.05. The van der Waals surface area contributed by atoms with Crippen molar-refractivity contribution in [2.75, 3.05) is 31.3 Å². The molecule has 0 atom stereocenters. The number of anilines is 2. The molecule has 2 N–H and O–H groups in total. The van der Waals surface area contributed by atoms with Gasteiger partial charge >= 0.3 is 6.01 Å². The van der Waals surface area contributed by atoms with Gasteiger partial charge in [-0.3, -0.25) is 0 Å². The molecule has 1 aliphatic rings. The van der Waals surface area contributed by atoms with E-state index in [9.17, 15) is 0 Å². The monoisotopic (exact) mass is 251 g/mol. The Morgan fingerprint density at radius 2 is 1.89 bits per heavy atom. The first-order chi connectivity index (χ1) is 8.59. The molecule has 1 aromatic heterocycles. The second-order valence-electron chi connectivity index (χ2n) is 5.09. The van der Waals surface area contributed by atoms with Crippen LogP contribution in [0.3, 0.4) is 0 Å². The molecule has 100 valence electrons. The van der Waals surface area contributed by atoms with Crippen LogP contribution in [0.5, 0.6) is 6.01 Å². The summed E-state index contributed by atoms with van der Waals surface area (Å²) >= 11 is 0. The van der Waals surface area contributed by atoms with Gasteiger partial charge in [-0.1, -0.05) is 13.8 Å². The Morgan fingerprint density at radius 3 is 2.39 bits per heavy atom. The summed E-state index contributed by atoms with van der Waals surface area (Å²) in [5.74, 6) is 1.76. The standard InChI is InChI=1S/C12H21N5O/c1-8(2)12(5-6-12)7-14-10-15-9(13-3)16-11(17-10)18-4/h8H,5-7H2,1-4H3,(H2,13,14,15,16,17). The molecule has 0 spiro atoms. The third-order valence-electron chi connectivity index (χ3n) is 3.74. The zero-order valence-corrected chi connectivity index (χ0v) is 11.4. The Labute approximate surface area is 108 Å². The SMILES string of the molecule is CNc1nc(NCC2(C(C)C)CC2)nc(OC)n1. The van der Waals surface area contributed by atoms with Crippen LogP contribution in [0, 0.1) is 11.3 Å². The van der Waals surface area contributed by atoms with E-state index in [0.29, 0.717) is 29.2 Å². The van der Waals surface area contributed by atoms with Crippen molar-refractivity contribution in [1.82, 2.24) is 15.0 Å². The Balaban J connectivity index is 2.05. The molecule has 0 bridgehead atoms. The summed E-state index contributed by atoms with van der Waals surface area (Å²) in [5, 5.41) is 6.19. The molecule has 1 aromatic rings. The largest absolute Gasteiger partial charge is 0.467 e. The van der Waals surface area contributed by atoms with E-state index >= 15 is 0 Å². The van der Waals surface area contributed by atoms with Crippen molar-refractivity contribution in [2.24, 2.45) is 11.3 Å². The van der Waals surface area contributed by atoms with Crippen molar-refractivity contribution in [2.45, 2.75) is 26.7 Å². The number of hydrogen-bond donors (Lipinski definition) is 2. The van der Waals surface area contributed by atoms with Gasteiger partial charge in [0, 0.05) is 13.6 Å². The van der Waals surface area contributed by atoms with E-state index in [1.807, 2.05) is 0 Å². The molecule has 6 nitrogen and oxygen atoms in total. The van der Waals surface area contributed by atoms with Crippen LogP contribution in [0.4, 0.5) is 11.9 Å². The van der Waals surface area contributed by atoms with E-state index in [-0.39, 0.29) is 0 Å². The van der Waals surface area contributed by atoms with E-state index < -0.39 is 0 Å². The molecule has 1 heterocycles. The summed E-state index contributed by atoms with van der Waals surface area (Å²) in [5.41, 5.74) is 0.416. The molecule has 0 amide bonds. The van der Waals surface area contributed by atoms with E-state index in [2.05, 4.69) is 39.4 Å². The number of aromatic nitrogens is 3. The van der Waals surface area contributed by atoms with E-state index in [0.717, 1.165) is 6.54 Å². The van der Waals surface area contributed by atoms with Crippen LogP contribution < -0.4 is 15.4 Å². The summed E-state index contributed by atoms with van der Waals surface area (Å²) < 4.78 is 5.05. The van der Waals surface area contributed by atoms with Gasteiger partial charge < -0.3 is 15.4 Å². The van der Waals surface area contributed by atoms with Gasteiger partial charge in [0.15, 0.2) is 0 Å². The van der Waals surface area contributed by atoms with Crippen molar-refractivity contribution in [1.29, 1.82) is 0 Å². The third kappa shape index (κ3) is 2.63. The molecule has 1 saturated carbocycles. The van der Waals surface area contributed by atoms with Crippen molar-refractivity contribution in [3.8, 4) is 6.01 Å². The number of hydrogen-bond acceptors (Lipinski definition) is 6. The average molecular weight is 251 g/mol. The lowest BCUT2D eigenvalue weighted by atomic mass is 9.92.